The Labute approximate surface area is 119 Å². The fraction of sp³-hybridized carbons (Fsp3) is 0.143. The number of rotatable bonds is 3. The highest BCUT2D eigenvalue weighted by Gasteiger charge is 2.11. The van der Waals surface area contributed by atoms with E-state index >= 15 is 0 Å². The van der Waals surface area contributed by atoms with Crippen LogP contribution in [0.25, 0.3) is 0 Å². The van der Waals surface area contributed by atoms with Crippen LogP contribution in [-0.2, 0) is 6.42 Å². The van der Waals surface area contributed by atoms with E-state index in [0.29, 0.717) is 15.9 Å². The molecule has 0 saturated carbocycles. The van der Waals surface area contributed by atoms with Crippen molar-refractivity contribution < 1.29 is 4.39 Å². The van der Waals surface area contributed by atoms with E-state index in [-0.39, 0.29) is 11.9 Å². The summed E-state index contributed by atoms with van der Waals surface area (Å²) in [4.78, 5) is 0. The topological polar surface area (TPSA) is 26.0 Å². The van der Waals surface area contributed by atoms with Crippen LogP contribution in [-0.4, -0.2) is 0 Å². The van der Waals surface area contributed by atoms with Gasteiger partial charge >= 0.3 is 0 Å². The molecule has 18 heavy (non-hydrogen) atoms. The monoisotopic (exact) mass is 327 g/mol. The van der Waals surface area contributed by atoms with E-state index in [9.17, 15) is 4.39 Å². The zero-order valence-electron chi connectivity index (χ0n) is 9.54. The number of hydrogen-bond acceptors (Lipinski definition) is 1. The number of benzene rings is 2. The third-order valence-corrected chi connectivity index (χ3v) is 3.48. The molecule has 0 heterocycles. The molecule has 2 rings (SSSR count). The molecular formula is C14H12BrClFN. The Bertz CT molecular complexity index is 539. The maximum Gasteiger partial charge on any atom is 0.124 e. The van der Waals surface area contributed by atoms with Gasteiger partial charge in [-0.05, 0) is 41.8 Å². The van der Waals surface area contributed by atoms with Crippen molar-refractivity contribution in [2.45, 2.75) is 12.5 Å². The Morgan fingerprint density at radius 1 is 1.22 bits per heavy atom. The third kappa shape index (κ3) is 3.31. The normalized spacial score (nSPS) is 12.4. The number of hydrogen-bond donors (Lipinski definition) is 1. The first-order chi connectivity index (χ1) is 8.56. The highest BCUT2D eigenvalue weighted by Crippen LogP contribution is 2.25. The van der Waals surface area contributed by atoms with Gasteiger partial charge in [0, 0.05) is 15.5 Å². The average Bonchev–Trinajstić information content (AvgIpc) is 2.27. The van der Waals surface area contributed by atoms with E-state index in [1.807, 2.05) is 24.3 Å². The van der Waals surface area contributed by atoms with Crippen LogP contribution in [0.2, 0.25) is 5.02 Å². The maximum absolute atomic E-state index is 13.3. The first-order valence-electron chi connectivity index (χ1n) is 5.51. The lowest BCUT2D eigenvalue weighted by Gasteiger charge is -2.14. The summed E-state index contributed by atoms with van der Waals surface area (Å²) in [5.74, 6) is -0.272. The molecule has 0 spiro atoms. The van der Waals surface area contributed by atoms with Crippen LogP contribution >= 0.6 is 27.5 Å². The molecule has 0 saturated heterocycles. The van der Waals surface area contributed by atoms with Gasteiger partial charge in [0.1, 0.15) is 5.82 Å². The largest absolute Gasteiger partial charge is 0.324 e. The lowest BCUT2D eigenvalue weighted by molar-refractivity contribution is 0.621. The van der Waals surface area contributed by atoms with Gasteiger partial charge in [-0.25, -0.2) is 4.39 Å². The lowest BCUT2D eigenvalue weighted by Crippen LogP contribution is -2.14. The molecule has 0 fully saturated rings. The molecule has 0 bridgehead atoms. The number of nitrogens with two attached hydrogens (primary N) is 1. The molecule has 0 aliphatic heterocycles. The molecule has 0 radical (unpaired) electrons. The van der Waals surface area contributed by atoms with Gasteiger partial charge in [0.2, 0.25) is 0 Å². The van der Waals surface area contributed by atoms with Gasteiger partial charge in [-0.2, -0.15) is 0 Å². The molecule has 0 aliphatic carbocycles. The van der Waals surface area contributed by atoms with Gasteiger partial charge in [-0.3, -0.25) is 0 Å². The van der Waals surface area contributed by atoms with E-state index < -0.39 is 0 Å². The minimum absolute atomic E-state index is 0.243. The molecule has 1 atom stereocenters. The van der Waals surface area contributed by atoms with Gasteiger partial charge in [0.25, 0.3) is 0 Å². The van der Waals surface area contributed by atoms with Crippen molar-refractivity contribution in [1.82, 2.24) is 0 Å². The van der Waals surface area contributed by atoms with Crippen molar-refractivity contribution in [1.29, 1.82) is 0 Å². The third-order valence-electron chi connectivity index (χ3n) is 2.68. The Balaban J connectivity index is 2.21. The van der Waals surface area contributed by atoms with E-state index in [4.69, 9.17) is 17.3 Å². The minimum atomic E-state index is -0.272. The van der Waals surface area contributed by atoms with Crippen LogP contribution in [0.3, 0.4) is 0 Å². The van der Waals surface area contributed by atoms with Gasteiger partial charge in [0.15, 0.2) is 0 Å². The quantitative estimate of drug-likeness (QED) is 0.883. The molecule has 2 N–H and O–H groups in total. The van der Waals surface area contributed by atoms with Gasteiger partial charge in [0.05, 0.1) is 0 Å². The summed E-state index contributed by atoms with van der Waals surface area (Å²) in [6, 6.07) is 12.0. The molecule has 4 heteroatoms. The second kappa shape index (κ2) is 5.83. The summed E-state index contributed by atoms with van der Waals surface area (Å²) in [7, 11) is 0. The molecule has 0 aromatic heterocycles. The molecule has 0 aliphatic rings. The van der Waals surface area contributed by atoms with Crippen LogP contribution in [0.1, 0.15) is 17.2 Å². The minimum Gasteiger partial charge on any atom is -0.324 e. The highest BCUT2D eigenvalue weighted by atomic mass is 79.9. The Hall–Kier alpha value is -0.900. The van der Waals surface area contributed by atoms with Gasteiger partial charge in [-0.1, -0.05) is 45.7 Å². The van der Waals surface area contributed by atoms with Crippen LogP contribution in [0.4, 0.5) is 4.39 Å². The standard InChI is InChI=1S/C14H12BrClFN/c15-10-5-9(6-11(17)8-10)7-14(18)12-3-1-2-4-13(12)16/h1-6,8,14H,7,18H2. The second-order valence-electron chi connectivity index (χ2n) is 4.11. The molecule has 1 nitrogen and oxygen atoms in total. The van der Waals surface area contributed by atoms with Crippen molar-refractivity contribution in [2.24, 2.45) is 5.73 Å². The predicted octanol–water partition coefficient (Wildman–Crippen LogP) is 4.48. The van der Waals surface area contributed by atoms with Gasteiger partial charge in [-0.15, -0.1) is 0 Å². The van der Waals surface area contributed by atoms with Crippen molar-refractivity contribution in [3.8, 4) is 0 Å². The summed E-state index contributed by atoms with van der Waals surface area (Å²) >= 11 is 9.35. The van der Waals surface area contributed by atoms with E-state index in [2.05, 4.69) is 15.9 Å². The smallest absolute Gasteiger partial charge is 0.124 e. The SMILES string of the molecule is NC(Cc1cc(F)cc(Br)c1)c1ccccc1Cl. The summed E-state index contributed by atoms with van der Waals surface area (Å²) in [5.41, 5.74) is 7.82. The average molecular weight is 329 g/mol. The van der Waals surface area contributed by atoms with Gasteiger partial charge < -0.3 is 5.73 Å². The molecule has 94 valence electrons. The first-order valence-corrected chi connectivity index (χ1v) is 6.68. The molecule has 2 aromatic rings. The molecule has 1 unspecified atom stereocenters. The second-order valence-corrected chi connectivity index (χ2v) is 5.43. The Kier molecular flexibility index (Phi) is 4.38. The predicted molar refractivity (Wildman–Crippen MR) is 76.2 cm³/mol. The highest BCUT2D eigenvalue weighted by molar-refractivity contribution is 9.10. The van der Waals surface area contributed by atoms with Crippen molar-refractivity contribution in [3.63, 3.8) is 0 Å². The molecular weight excluding hydrogens is 317 g/mol. The zero-order chi connectivity index (χ0) is 13.1. The Morgan fingerprint density at radius 3 is 2.61 bits per heavy atom. The summed E-state index contributed by atoms with van der Waals surface area (Å²) in [6.45, 7) is 0. The summed E-state index contributed by atoms with van der Waals surface area (Å²) in [5, 5.41) is 0.639. The van der Waals surface area contributed by atoms with Crippen LogP contribution < -0.4 is 5.73 Å². The summed E-state index contributed by atoms with van der Waals surface area (Å²) in [6.07, 6.45) is 0.542. The number of halogens is 3. The van der Waals surface area contributed by atoms with Crippen molar-refractivity contribution >= 4 is 27.5 Å². The molecule has 2 aromatic carbocycles. The Morgan fingerprint density at radius 2 is 1.94 bits per heavy atom. The zero-order valence-corrected chi connectivity index (χ0v) is 11.9. The van der Waals surface area contributed by atoms with Crippen molar-refractivity contribution in [3.05, 3.63) is 68.9 Å². The first kappa shape index (κ1) is 13.5. The lowest BCUT2D eigenvalue weighted by atomic mass is 10.00. The van der Waals surface area contributed by atoms with E-state index in [1.165, 1.54) is 12.1 Å². The van der Waals surface area contributed by atoms with Crippen LogP contribution in [0, 0.1) is 5.82 Å². The van der Waals surface area contributed by atoms with Crippen molar-refractivity contribution in [2.75, 3.05) is 0 Å². The fourth-order valence-electron chi connectivity index (χ4n) is 1.87. The molecule has 0 amide bonds. The van der Waals surface area contributed by atoms with E-state index in [1.54, 1.807) is 6.07 Å². The fourth-order valence-corrected chi connectivity index (χ4v) is 2.66. The maximum atomic E-state index is 13.3. The van der Waals surface area contributed by atoms with Crippen LogP contribution in [0.5, 0.6) is 0 Å². The summed E-state index contributed by atoms with van der Waals surface area (Å²) < 4.78 is 14.0. The van der Waals surface area contributed by atoms with E-state index in [0.717, 1.165) is 11.1 Å². The van der Waals surface area contributed by atoms with Crippen LogP contribution in [0.15, 0.2) is 46.9 Å².